The number of hydrogen-bond acceptors (Lipinski definition) is 3. The summed E-state index contributed by atoms with van der Waals surface area (Å²) < 4.78 is 5.21. The molecule has 0 saturated carbocycles. The molecule has 12 heavy (non-hydrogen) atoms. The van der Waals surface area contributed by atoms with Crippen molar-refractivity contribution >= 4 is 5.91 Å². The Labute approximate surface area is 72.1 Å². The number of amides is 1. The molecule has 1 atom stereocenters. The van der Waals surface area contributed by atoms with Crippen LogP contribution in [0.5, 0.6) is 0 Å². The van der Waals surface area contributed by atoms with E-state index in [9.17, 15) is 4.79 Å². The number of carbonyl (C=O) groups excluding carboxylic acids is 1. The molecule has 1 heterocycles. The Morgan fingerprint density at radius 1 is 1.75 bits per heavy atom. The van der Waals surface area contributed by atoms with Crippen LogP contribution < -0.4 is 0 Å². The number of nitrogens with zero attached hydrogens (tertiary/aromatic N) is 1. The summed E-state index contributed by atoms with van der Waals surface area (Å²) in [5.74, 6) is -0.0125. The van der Waals surface area contributed by atoms with Crippen molar-refractivity contribution in [2.75, 3.05) is 26.8 Å². The average molecular weight is 173 g/mol. The van der Waals surface area contributed by atoms with Gasteiger partial charge in [-0.25, -0.2) is 0 Å². The second-order valence-corrected chi connectivity index (χ2v) is 2.99. The first kappa shape index (κ1) is 9.48. The minimum Gasteiger partial charge on any atom is -0.395 e. The topological polar surface area (TPSA) is 49.8 Å². The zero-order valence-corrected chi connectivity index (χ0v) is 7.32. The quantitative estimate of drug-likeness (QED) is 0.632. The Kier molecular flexibility index (Phi) is 3.49. The zero-order valence-electron chi connectivity index (χ0n) is 7.32. The van der Waals surface area contributed by atoms with Crippen molar-refractivity contribution in [3.63, 3.8) is 0 Å². The van der Waals surface area contributed by atoms with Crippen LogP contribution in [-0.2, 0) is 9.53 Å². The maximum Gasteiger partial charge on any atom is 0.251 e. The zero-order chi connectivity index (χ0) is 8.97. The molecule has 0 aromatic heterocycles. The van der Waals surface area contributed by atoms with Crippen LogP contribution in [0.15, 0.2) is 0 Å². The molecule has 4 heteroatoms. The van der Waals surface area contributed by atoms with Gasteiger partial charge < -0.3 is 14.7 Å². The molecule has 1 N–H and O–H groups in total. The van der Waals surface area contributed by atoms with Crippen LogP contribution in [0.25, 0.3) is 0 Å². The van der Waals surface area contributed by atoms with Crippen molar-refractivity contribution in [3.05, 3.63) is 0 Å². The second-order valence-electron chi connectivity index (χ2n) is 2.99. The van der Waals surface area contributed by atoms with E-state index in [-0.39, 0.29) is 18.6 Å². The van der Waals surface area contributed by atoms with E-state index in [4.69, 9.17) is 9.84 Å². The summed E-state index contributed by atoms with van der Waals surface area (Å²) >= 11 is 0. The van der Waals surface area contributed by atoms with E-state index in [1.165, 1.54) is 4.90 Å². The molecule has 0 aliphatic carbocycles. The molecule has 1 saturated heterocycles. The van der Waals surface area contributed by atoms with Gasteiger partial charge in [-0.1, -0.05) is 0 Å². The summed E-state index contributed by atoms with van der Waals surface area (Å²) in [5, 5.41) is 8.59. The first-order chi connectivity index (χ1) is 5.75. The van der Waals surface area contributed by atoms with Gasteiger partial charge >= 0.3 is 0 Å². The number of rotatable bonds is 3. The molecular formula is C8H15NO3. The first-order valence-corrected chi connectivity index (χ1v) is 4.23. The van der Waals surface area contributed by atoms with E-state index in [2.05, 4.69) is 0 Å². The predicted octanol–water partition coefficient (Wildman–Crippen LogP) is -0.384. The minimum absolute atomic E-state index is 0.00889. The maximum absolute atomic E-state index is 11.4. The van der Waals surface area contributed by atoms with Crippen LogP contribution >= 0.6 is 0 Å². The molecule has 70 valence electrons. The van der Waals surface area contributed by atoms with Gasteiger partial charge in [0.1, 0.15) is 6.10 Å². The third-order valence-corrected chi connectivity index (χ3v) is 2.02. The number of ether oxygens (including phenoxy) is 1. The lowest BCUT2D eigenvalue weighted by molar-refractivity contribution is -0.139. The summed E-state index contributed by atoms with van der Waals surface area (Å²) in [6, 6.07) is 0. The van der Waals surface area contributed by atoms with E-state index < -0.39 is 0 Å². The van der Waals surface area contributed by atoms with Gasteiger partial charge in [0.15, 0.2) is 0 Å². The lowest BCUT2D eigenvalue weighted by Gasteiger charge is -2.19. The highest BCUT2D eigenvalue weighted by Crippen LogP contribution is 2.13. The molecule has 0 aromatic rings. The number of aliphatic hydroxyl groups excluding tert-OH is 1. The third kappa shape index (κ3) is 2.19. The van der Waals surface area contributed by atoms with Gasteiger partial charge in [0.2, 0.25) is 0 Å². The lowest BCUT2D eigenvalue weighted by atomic mass is 10.2. The van der Waals surface area contributed by atoms with Gasteiger partial charge in [-0.3, -0.25) is 4.79 Å². The molecule has 0 aromatic carbocycles. The highest BCUT2D eigenvalue weighted by atomic mass is 16.5. The molecule has 0 radical (unpaired) electrons. The first-order valence-electron chi connectivity index (χ1n) is 4.23. The van der Waals surface area contributed by atoms with Crippen LogP contribution in [0, 0.1) is 0 Å². The fraction of sp³-hybridized carbons (Fsp3) is 0.875. The molecular weight excluding hydrogens is 158 g/mol. The highest BCUT2D eigenvalue weighted by Gasteiger charge is 2.25. The Morgan fingerprint density at radius 3 is 3.00 bits per heavy atom. The monoisotopic (exact) mass is 173 g/mol. The minimum atomic E-state index is -0.262. The van der Waals surface area contributed by atoms with Gasteiger partial charge in [-0.05, 0) is 12.8 Å². The van der Waals surface area contributed by atoms with Crippen LogP contribution in [0.2, 0.25) is 0 Å². The number of aliphatic hydroxyl groups is 1. The highest BCUT2D eigenvalue weighted by molar-refractivity contribution is 5.80. The van der Waals surface area contributed by atoms with Crippen LogP contribution in [-0.4, -0.2) is 48.8 Å². The average Bonchev–Trinajstić information content (AvgIpc) is 2.55. The normalized spacial score (nSPS) is 22.7. The summed E-state index contributed by atoms with van der Waals surface area (Å²) in [5.41, 5.74) is 0. The molecule has 0 unspecified atom stereocenters. The van der Waals surface area contributed by atoms with Crippen molar-refractivity contribution in [2.24, 2.45) is 0 Å². The molecule has 0 spiro atoms. The molecule has 1 rings (SSSR count). The smallest absolute Gasteiger partial charge is 0.251 e. The van der Waals surface area contributed by atoms with E-state index in [0.717, 1.165) is 12.8 Å². The van der Waals surface area contributed by atoms with Gasteiger partial charge in [0.25, 0.3) is 5.91 Å². The summed E-state index contributed by atoms with van der Waals surface area (Å²) in [4.78, 5) is 12.9. The Hall–Kier alpha value is -0.610. The van der Waals surface area contributed by atoms with Crippen LogP contribution in [0.4, 0.5) is 0 Å². The van der Waals surface area contributed by atoms with Gasteiger partial charge in [-0.2, -0.15) is 0 Å². The molecule has 0 bridgehead atoms. The van der Waals surface area contributed by atoms with Crippen molar-refractivity contribution in [1.82, 2.24) is 4.90 Å². The second kappa shape index (κ2) is 4.42. The van der Waals surface area contributed by atoms with Crippen molar-refractivity contribution in [2.45, 2.75) is 18.9 Å². The summed E-state index contributed by atoms with van der Waals surface area (Å²) in [6.45, 7) is 1.08. The van der Waals surface area contributed by atoms with Crippen molar-refractivity contribution < 1.29 is 14.6 Å². The number of likely N-dealkylation sites (N-methyl/N-ethyl adjacent to an activating group) is 1. The molecule has 1 aliphatic rings. The van der Waals surface area contributed by atoms with Crippen molar-refractivity contribution in [1.29, 1.82) is 0 Å². The molecule has 1 fully saturated rings. The van der Waals surface area contributed by atoms with Crippen molar-refractivity contribution in [3.8, 4) is 0 Å². The van der Waals surface area contributed by atoms with E-state index >= 15 is 0 Å². The predicted molar refractivity (Wildman–Crippen MR) is 43.7 cm³/mol. The lowest BCUT2D eigenvalue weighted by Crippen LogP contribution is -2.37. The largest absolute Gasteiger partial charge is 0.395 e. The standard InChI is InChI=1S/C8H15NO3/c1-9(4-5-10)8(11)7-3-2-6-12-7/h7,10H,2-6H2,1H3/t7-/m0/s1. The van der Waals surface area contributed by atoms with Gasteiger partial charge in [0, 0.05) is 20.2 Å². The Balaban J connectivity index is 2.34. The Morgan fingerprint density at radius 2 is 2.50 bits per heavy atom. The van der Waals surface area contributed by atoms with Gasteiger partial charge in [0.05, 0.1) is 6.61 Å². The van der Waals surface area contributed by atoms with Crippen LogP contribution in [0.1, 0.15) is 12.8 Å². The fourth-order valence-corrected chi connectivity index (χ4v) is 1.28. The van der Waals surface area contributed by atoms with Gasteiger partial charge in [-0.15, -0.1) is 0 Å². The molecule has 1 amide bonds. The van der Waals surface area contributed by atoms with E-state index in [0.29, 0.717) is 13.2 Å². The summed E-state index contributed by atoms with van der Waals surface area (Å²) in [6.07, 6.45) is 1.51. The van der Waals surface area contributed by atoms with E-state index in [1.54, 1.807) is 7.05 Å². The fourth-order valence-electron chi connectivity index (χ4n) is 1.28. The maximum atomic E-state index is 11.4. The summed E-state index contributed by atoms with van der Waals surface area (Å²) in [7, 11) is 1.68. The van der Waals surface area contributed by atoms with Crippen LogP contribution in [0.3, 0.4) is 0 Å². The number of carbonyl (C=O) groups is 1. The molecule has 4 nitrogen and oxygen atoms in total. The van der Waals surface area contributed by atoms with E-state index in [1.807, 2.05) is 0 Å². The number of hydrogen-bond donors (Lipinski definition) is 1. The third-order valence-electron chi connectivity index (χ3n) is 2.02. The SMILES string of the molecule is CN(CCO)C(=O)[C@@H]1CCCO1. The Bertz CT molecular complexity index is 154. The molecule has 1 aliphatic heterocycles.